The van der Waals surface area contributed by atoms with Gasteiger partial charge in [0.2, 0.25) is 0 Å². The van der Waals surface area contributed by atoms with Crippen molar-refractivity contribution in [2.24, 2.45) is 53.3 Å². The van der Waals surface area contributed by atoms with Gasteiger partial charge in [-0.15, -0.1) is 0 Å². The second-order valence-electron chi connectivity index (χ2n) is 17.1. The average molecular weight is 585 g/mol. The van der Waals surface area contributed by atoms with E-state index in [1.165, 1.54) is 154 Å². The third-order valence-electron chi connectivity index (χ3n) is 12.6. The van der Waals surface area contributed by atoms with Crippen LogP contribution in [0.2, 0.25) is 0 Å². The molecule has 0 amide bonds. The first-order valence-electron chi connectivity index (χ1n) is 20.5. The quantitative estimate of drug-likeness (QED) is 0.236. The molecule has 0 aromatic rings. The summed E-state index contributed by atoms with van der Waals surface area (Å²) in [7, 11) is 0. The van der Waals surface area contributed by atoms with E-state index in [0.717, 1.165) is 53.3 Å². The van der Waals surface area contributed by atoms with Gasteiger partial charge in [0, 0.05) is 0 Å². The van der Waals surface area contributed by atoms with Crippen LogP contribution in [0.3, 0.4) is 0 Å². The molecule has 0 radical (unpaired) electrons. The zero-order chi connectivity index (χ0) is 30.0. The van der Waals surface area contributed by atoms with Gasteiger partial charge in [0.05, 0.1) is 0 Å². The van der Waals surface area contributed by atoms with Gasteiger partial charge in [-0.1, -0.05) is 182 Å². The number of hydrogen-bond donors (Lipinski definition) is 0. The normalized spacial score (nSPS) is 37.5. The topological polar surface area (TPSA) is 0 Å². The summed E-state index contributed by atoms with van der Waals surface area (Å²) in [5.41, 5.74) is 0. The van der Waals surface area contributed by atoms with Gasteiger partial charge in [-0.3, -0.25) is 0 Å². The minimum Gasteiger partial charge on any atom is -0.0654 e. The van der Waals surface area contributed by atoms with Crippen molar-refractivity contribution in [3.05, 3.63) is 0 Å². The van der Waals surface area contributed by atoms with Crippen LogP contribution in [0.4, 0.5) is 0 Å². The van der Waals surface area contributed by atoms with Gasteiger partial charge >= 0.3 is 0 Å². The van der Waals surface area contributed by atoms with Gasteiger partial charge < -0.3 is 0 Å². The van der Waals surface area contributed by atoms with E-state index in [9.17, 15) is 0 Å². The van der Waals surface area contributed by atoms with E-state index in [2.05, 4.69) is 34.6 Å². The molecule has 9 unspecified atom stereocenters. The first-order chi connectivity index (χ1) is 20.5. The molecular formula is C42H80. The van der Waals surface area contributed by atoms with Crippen LogP contribution < -0.4 is 0 Å². The van der Waals surface area contributed by atoms with Crippen molar-refractivity contribution in [3.63, 3.8) is 0 Å². The first-order valence-corrected chi connectivity index (χ1v) is 20.5. The van der Waals surface area contributed by atoms with E-state index >= 15 is 0 Å². The fraction of sp³-hybridized carbons (Fsp3) is 1.00. The molecule has 3 aliphatic carbocycles. The Kier molecular flexibility index (Phi) is 18.8. The monoisotopic (exact) mass is 585 g/mol. The maximum absolute atomic E-state index is 2.64. The molecule has 0 heteroatoms. The number of unbranched alkanes of at least 4 members (excludes halogenated alkanes) is 1. The molecular weight excluding hydrogens is 504 g/mol. The molecule has 0 spiro atoms. The average Bonchev–Trinajstić information content (AvgIpc) is 3.88. The molecule has 0 saturated heterocycles. The van der Waals surface area contributed by atoms with E-state index in [-0.39, 0.29) is 0 Å². The second kappa shape index (κ2) is 21.7. The second-order valence-corrected chi connectivity index (χ2v) is 17.1. The minimum atomic E-state index is 0.918. The summed E-state index contributed by atoms with van der Waals surface area (Å²) < 4.78 is 0. The molecule has 0 bridgehead atoms. The third kappa shape index (κ3) is 16.4. The van der Waals surface area contributed by atoms with Crippen molar-refractivity contribution in [1.82, 2.24) is 0 Å². The van der Waals surface area contributed by atoms with Crippen molar-refractivity contribution in [3.8, 4) is 0 Å². The Morgan fingerprint density at radius 1 is 0.381 bits per heavy atom. The molecule has 248 valence electrons. The van der Waals surface area contributed by atoms with Gasteiger partial charge in [0.15, 0.2) is 0 Å². The lowest BCUT2D eigenvalue weighted by atomic mass is 9.81. The predicted molar refractivity (Wildman–Crippen MR) is 189 cm³/mol. The fourth-order valence-corrected chi connectivity index (χ4v) is 9.58. The Labute approximate surface area is 267 Å². The van der Waals surface area contributed by atoms with Crippen molar-refractivity contribution >= 4 is 0 Å². The van der Waals surface area contributed by atoms with E-state index in [4.69, 9.17) is 0 Å². The maximum Gasteiger partial charge on any atom is -0.0380 e. The molecule has 3 rings (SSSR count). The standard InChI is InChI=1S/C42H80/c1-6-22-39-31-41(39)33-42-32-40(42)28-21-20-27-38-26-19-18-24-35(3)30-36(4)29-34(2)23-16-14-12-10-8-7-9-11-13-15-17-25-37(38)5/h34-42H,6-33H2,1-5H3. The van der Waals surface area contributed by atoms with Crippen LogP contribution in [-0.4, -0.2) is 0 Å². The highest BCUT2D eigenvalue weighted by Crippen LogP contribution is 2.54. The molecule has 0 aliphatic heterocycles. The van der Waals surface area contributed by atoms with E-state index in [0.29, 0.717) is 0 Å². The van der Waals surface area contributed by atoms with Crippen molar-refractivity contribution in [1.29, 1.82) is 0 Å². The Hall–Kier alpha value is 0. The largest absolute Gasteiger partial charge is 0.0654 e. The molecule has 3 aliphatic rings. The molecule has 0 N–H and O–H groups in total. The van der Waals surface area contributed by atoms with Crippen LogP contribution in [0, 0.1) is 53.3 Å². The van der Waals surface area contributed by atoms with Gasteiger partial charge in [-0.25, -0.2) is 0 Å². The molecule has 0 heterocycles. The first kappa shape index (κ1) is 36.5. The zero-order valence-electron chi connectivity index (χ0n) is 30.0. The molecule has 9 atom stereocenters. The van der Waals surface area contributed by atoms with Crippen LogP contribution in [0.25, 0.3) is 0 Å². The summed E-state index contributed by atoms with van der Waals surface area (Å²) in [6.07, 6.45) is 42.1. The van der Waals surface area contributed by atoms with Crippen LogP contribution in [0.1, 0.15) is 214 Å². The number of hydrogen-bond acceptors (Lipinski definition) is 0. The highest BCUT2D eigenvalue weighted by atomic mass is 14.5. The molecule has 3 fully saturated rings. The van der Waals surface area contributed by atoms with E-state index < -0.39 is 0 Å². The predicted octanol–water partition coefficient (Wildman–Crippen LogP) is 14.6. The highest BCUT2D eigenvalue weighted by molar-refractivity contribution is 4.94. The lowest BCUT2D eigenvalue weighted by molar-refractivity contribution is 0.268. The molecule has 3 saturated carbocycles. The number of rotatable bonds is 9. The maximum atomic E-state index is 2.64. The molecule has 42 heavy (non-hydrogen) atoms. The minimum absolute atomic E-state index is 0.918. The van der Waals surface area contributed by atoms with Gasteiger partial charge in [0.25, 0.3) is 0 Å². The molecule has 0 aromatic carbocycles. The van der Waals surface area contributed by atoms with Crippen molar-refractivity contribution in [2.45, 2.75) is 214 Å². The zero-order valence-corrected chi connectivity index (χ0v) is 30.0. The van der Waals surface area contributed by atoms with Crippen molar-refractivity contribution < 1.29 is 0 Å². The van der Waals surface area contributed by atoms with Crippen LogP contribution in [0.5, 0.6) is 0 Å². The van der Waals surface area contributed by atoms with E-state index in [1.54, 1.807) is 25.7 Å². The molecule has 0 aromatic heterocycles. The van der Waals surface area contributed by atoms with E-state index in [1.807, 2.05) is 0 Å². The lowest BCUT2D eigenvalue weighted by Gasteiger charge is -2.25. The van der Waals surface area contributed by atoms with Crippen molar-refractivity contribution in [2.75, 3.05) is 0 Å². The van der Waals surface area contributed by atoms with Gasteiger partial charge in [0.1, 0.15) is 0 Å². The summed E-state index contributed by atoms with van der Waals surface area (Å²) in [5, 5.41) is 0. The summed E-state index contributed by atoms with van der Waals surface area (Å²) in [5.74, 6) is 9.25. The van der Waals surface area contributed by atoms with Gasteiger partial charge in [-0.05, 0) is 85.4 Å². The van der Waals surface area contributed by atoms with Crippen LogP contribution >= 0.6 is 0 Å². The summed E-state index contributed by atoms with van der Waals surface area (Å²) in [4.78, 5) is 0. The molecule has 0 nitrogen and oxygen atoms in total. The van der Waals surface area contributed by atoms with Crippen LogP contribution in [-0.2, 0) is 0 Å². The Bertz CT molecular complexity index is 636. The van der Waals surface area contributed by atoms with Gasteiger partial charge in [-0.2, -0.15) is 0 Å². The summed E-state index contributed by atoms with van der Waals surface area (Å²) in [6.45, 7) is 12.7. The SMILES string of the molecule is CCCC1CC1CC1CC1CCCCC1CCCCC(C)CC(C)CC(C)CCCCCCCCCCCCCC1C. The highest BCUT2D eigenvalue weighted by Gasteiger charge is 2.44. The lowest BCUT2D eigenvalue weighted by Crippen LogP contribution is -2.13. The summed E-state index contributed by atoms with van der Waals surface area (Å²) in [6, 6.07) is 0. The Balaban J connectivity index is 1.36. The smallest absolute Gasteiger partial charge is 0.0380 e. The Morgan fingerprint density at radius 3 is 1.36 bits per heavy atom. The summed E-state index contributed by atoms with van der Waals surface area (Å²) >= 11 is 0. The fourth-order valence-electron chi connectivity index (χ4n) is 9.58. The Morgan fingerprint density at radius 2 is 0.810 bits per heavy atom. The third-order valence-corrected chi connectivity index (χ3v) is 12.6. The van der Waals surface area contributed by atoms with Crippen LogP contribution in [0.15, 0.2) is 0 Å².